The molecule has 0 fully saturated rings. The Labute approximate surface area is 198 Å². The third-order valence-electron chi connectivity index (χ3n) is 4.10. The molecule has 2 aromatic carbocycles. The fraction of sp³-hybridized carbons (Fsp3) is 0. The molecule has 0 saturated heterocycles. The largest absolute Gasteiger partial charge is 0.508 e. The van der Waals surface area contributed by atoms with Gasteiger partial charge in [-0.1, -0.05) is 18.2 Å². The molecule has 2 N–H and O–H groups in total. The number of carboxylic acids is 1. The molecule has 5 nitrogen and oxygen atoms in total. The van der Waals surface area contributed by atoms with Crippen molar-refractivity contribution in [2.75, 3.05) is 0 Å². The number of phenols is 1. The third kappa shape index (κ3) is 3.99. The second kappa shape index (κ2) is 8.61. The number of aromatic hydroxyl groups is 1. The summed E-state index contributed by atoms with van der Waals surface area (Å²) in [4.78, 5) is 23.4. The molecule has 0 spiro atoms. The average molecular weight is 378 g/mol. The van der Waals surface area contributed by atoms with Gasteiger partial charge in [0.2, 0.25) is 0 Å². The van der Waals surface area contributed by atoms with E-state index in [0.717, 1.165) is 0 Å². The Bertz CT molecular complexity index is 1170. The quantitative estimate of drug-likeness (QED) is 0.413. The first-order valence-corrected chi connectivity index (χ1v) is 7.57. The first-order valence-electron chi connectivity index (χ1n) is 7.57. The van der Waals surface area contributed by atoms with Crippen LogP contribution >= 0.6 is 0 Å². The summed E-state index contributed by atoms with van der Waals surface area (Å²) in [5.74, 6) is -0.691. The number of fused-ring (bicyclic) bond motifs is 2. The summed E-state index contributed by atoms with van der Waals surface area (Å²) in [5.41, 5.74) is 2.10. The van der Waals surface area contributed by atoms with Gasteiger partial charge in [0.05, 0.1) is 5.56 Å². The van der Waals surface area contributed by atoms with Gasteiger partial charge in [-0.3, -0.25) is 4.79 Å². The third-order valence-corrected chi connectivity index (χ3v) is 4.10. The molecule has 0 aromatic heterocycles. The summed E-state index contributed by atoms with van der Waals surface area (Å²) in [6.45, 7) is 0. The van der Waals surface area contributed by atoms with Crippen LogP contribution in [0.5, 0.6) is 5.75 Å². The van der Waals surface area contributed by atoms with Crippen LogP contribution in [-0.2, 0) is 0 Å². The van der Waals surface area contributed by atoms with Gasteiger partial charge in [-0.2, -0.15) is 0 Å². The van der Waals surface area contributed by atoms with Crippen LogP contribution in [0.4, 0.5) is 0 Å². The Balaban J connectivity index is 0.00000131. The molecule has 4 rings (SSSR count). The molecule has 2 aromatic rings. The molecule has 0 saturated carbocycles. The molecule has 1 heterocycles. The van der Waals surface area contributed by atoms with Crippen LogP contribution < -0.4 is 5.43 Å². The molecular formula is C20H12Na2O5. The molecule has 1 aliphatic carbocycles. The van der Waals surface area contributed by atoms with Crippen LogP contribution in [-0.4, -0.2) is 75.3 Å². The maximum absolute atomic E-state index is 11.7. The summed E-state index contributed by atoms with van der Waals surface area (Å²) >= 11 is 0. The van der Waals surface area contributed by atoms with Gasteiger partial charge < -0.3 is 14.6 Å². The molecule has 0 unspecified atom stereocenters. The van der Waals surface area contributed by atoms with Crippen LogP contribution in [0, 0.1) is 0 Å². The van der Waals surface area contributed by atoms with Gasteiger partial charge in [0.25, 0.3) is 0 Å². The van der Waals surface area contributed by atoms with Gasteiger partial charge in [0.1, 0.15) is 17.1 Å². The SMILES string of the molecule is O=C(O)c1ccccc1-c1c2ccc(=O)cc-2oc2cc(O)ccc12.[Na].[Na]. The van der Waals surface area contributed by atoms with Crippen molar-refractivity contribution in [3.05, 3.63) is 76.5 Å². The molecule has 0 bridgehead atoms. The minimum atomic E-state index is -1.04. The number of rotatable bonds is 2. The number of aromatic carboxylic acids is 1. The van der Waals surface area contributed by atoms with Crippen LogP contribution in [0.2, 0.25) is 0 Å². The normalized spacial score (nSPS) is 10.2. The van der Waals surface area contributed by atoms with Crippen molar-refractivity contribution in [3.63, 3.8) is 0 Å². The molecule has 1 aliphatic heterocycles. The molecule has 0 amide bonds. The predicted molar refractivity (Wildman–Crippen MR) is 105 cm³/mol. The summed E-state index contributed by atoms with van der Waals surface area (Å²) in [7, 11) is 0. The smallest absolute Gasteiger partial charge is 0.336 e. The Morgan fingerprint density at radius 3 is 2.37 bits per heavy atom. The van der Waals surface area contributed by atoms with Gasteiger partial charge >= 0.3 is 5.97 Å². The van der Waals surface area contributed by atoms with E-state index in [2.05, 4.69) is 0 Å². The van der Waals surface area contributed by atoms with Gasteiger partial charge in [-0.15, -0.1) is 0 Å². The van der Waals surface area contributed by atoms with Crippen molar-refractivity contribution in [1.29, 1.82) is 0 Å². The molecule has 2 radical (unpaired) electrons. The Morgan fingerprint density at radius 1 is 0.889 bits per heavy atom. The Hall–Kier alpha value is -1.60. The fourth-order valence-electron chi connectivity index (χ4n) is 3.04. The maximum Gasteiger partial charge on any atom is 0.336 e. The van der Waals surface area contributed by atoms with Gasteiger partial charge in [0, 0.05) is 87.8 Å². The molecule has 7 heteroatoms. The summed E-state index contributed by atoms with van der Waals surface area (Å²) < 4.78 is 5.76. The summed E-state index contributed by atoms with van der Waals surface area (Å²) in [6, 6.07) is 15.7. The van der Waals surface area contributed by atoms with Gasteiger partial charge in [0.15, 0.2) is 5.43 Å². The van der Waals surface area contributed by atoms with E-state index in [1.165, 1.54) is 30.3 Å². The predicted octanol–water partition coefficient (Wildman–Crippen LogP) is 3.21. The zero-order valence-electron chi connectivity index (χ0n) is 14.9. The van der Waals surface area contributed by atoms with Crippen molar-refractivity contribution in [1.82, 2.24) is 0 Å². The van der Waals surface area contributed by atoms with Crippen LogP contribution in [0.15, 0.2) is 69.9 Å². The Kier molecular flexibility index (Phi) is 6.92. The summed E-state index contributed by atoms with van der Waals surface area (Å²) in [6.07, 6.45) is 0. The molecule has 2 aliphatic rings. The topological polar surface area (TPSA) is 87.7 Å². The van der Waals surface area contributed by atoms with Crippen molar-refractivity contribution < 1.29 is 19.4 Å². The minimum Gasteiger partial charge on any atom is -0.508 e. The minimum absolute atomic E-state index is 0. The maximum atomic E-state index is 11.7. The van der Waals surface area contributed by atoms with Crippen LogP contribution in [0.1, 0.15) is 10.4 Å². The van der Waals surface area contributed by atoms with Gasteiger partial charge in [-0.05, 0) is 35.9 Å². The van der Waals surface area contributed by atoms with Gasteiger partial charge in [-0.25, -0.2) is 4.79 Å². The van der Waals surface area contributed by atoms with Crippen LogP contribution in [0.3, 0.4) is 0 Å². The molecule has 27 heavy (non-hydrogen) atoms. The first-order chi connectivity index (χ1) is 12.0. The number of hydrogen-bond donors (Lipinski definition) is 2. The molecule has 0 atom stereocenters. The van der Waals surface area contributed by atoms with E-state index in [0.29, 0.717) is 33.4 Å². The average Bonchev–Trinajstić information content (AvgIpc) is 2.59. The molecular weight excluding hydrogens is 366 g/mol. The van der Waals surface area contributed by atoms with E-state index in [1.54, 1.807) is 30.3 Å². The first kappa shape index (κ1) is 21.7. The van der Waals surface area contributed by atoms with E-state index in [4.69, 9.17) is 4.42 Å². The van der Waals surface area contributed by atoms with Crippen molar-refractivity contribution in [3.8, 4) is 28.2 Å². The zero-order valence-corrected chi connectivity index (χ0v) is 18.9. The van der Waals surface area contributed by atoms with Crippen molar-refractivity contribution in [2.24, 2.45) is 0 Å². The zero-order chi connectivity index (χ0) is 17.6. The number of benzene rings is 3. The van der Waals surface area contributed by atoms with E-state index in [1.807, 2.05) is 0 Å². The number of carboxylic acid groups (broad SMARTS) is 1. The van der Waals surface area contributed by atoms with E-state index in [-0.39, 0.29) is 75.9 Å². The number of phenolic OH excluding ortho intramolecular Hbond substituents is 1. The van der Waals surface area contributed by atoms with Crippen molar-refractivity contribution in [2.45, 2.75) is 0 Å². The second-order valence-electron chi connectivity index (χ2n) is 5.67. The van der Waals surface area contributed by atoms with E-state index < -0.39 is 5.97 Å². The van der Waals surface area contributed by atoms with E-state index >= 15 is 0 Å². The number of hydrogen-bond acceptors (Lipinski definition) is 4. The fourth-order valence-corrected chi connectivity index (χ4v) is 3.04. The summed E-state index contributed by atoms with van der Waals surface area (Å²) in [5, 5.41) is 19.9. The van der Waals surface area contributed by atoms with E-state index in [9.17, 15) is 19.8 Å². The van der Waals surface area contributed by atoms with Crippen molar-refractivity contribution >= 4 is 76.1 Å². The molecule has 124 valence electrons. The standard InChI is InChI=1S/C20H12O5.2Na/c21-11-5-7-15-17(9-11)25-18-10-12(22)6-8-16(18)19(15)13-3-1-2-4-14(13)20(23)24;;/h1-10,21H,(H,23,24);;. The van der Waals surface area contributed by atoms with Crippen LogP contribution in [0.25, 0.3) is 33.4 Å². The Morgan fingerprint density at radius 2 is 1.63 bits per heavy atom. The second-order valence-corrected chi connectivity index (χ2v) is 5.67. The monoisotopic (exact) mass is 378 g/mol. The number of carbonyl (C=O) groups is 1.